The summed E-state index contributed by atoms with van der Waals surface area (Å²) in [5.41, 5.74) is 6.53. The Kier molecular flexibility index (Phi) is 4.65. The first-order valence-corrected chi connectivity index (χ1v) is 5.49. The molecule has 1 rings (SSSR count). The molecule has 0 heterocycles. The van der Waals surface area contributed by atoms with Gasteiger partial charge in [0, 0.05) is 6.04 Å². The van der Waals surface area contributed by atoms with Crippen molar-refractivity contribution in [3.05, 3.63) is 28.8 Å². The lowest BCUT2D eigenvalue weighted by Crippen LogP contribution is -2.21. The number of ether oxygens (including phenoxy) is 1. The minimum Gasteiger partial charge on any atom is -0.404 e. The van der Waals surface area contributed by atoms with E-state index in [0.29, 0.717) is 6.42 Å². The molecule has 96 valence electrons. The van der Waals surface area contributed by atoms with Crippen molar-refractivity contribution < 1.29 is 17.9 Å². The summed E-state index contributed by atoms with van der Waals surface area (Å²) in [5.74, 6) is -0.395. The lowest BCUT2D eigenvalue weighted by molar-refractivity contribution is -0.274. The Hall–Kier alpha value is -0.940. The fraction of sp³-hybridized carbons (Fsp3) is 0.455. The number of hydrogen-bond donors (Lipinski definition) is 1. The van der Waals surface area contributed by atoms with Crippen molar-refractivity contribution in [1.29, 1.82) is 0 Å². The van der Waals surface area contributed by atoms with Crippen molar-refractivity contribution in [3.63, 3.8) is 0 Å². The molecule has 0 saturated carbocycles. The largest absolute Gasteiger partial charge is 0.573 e. The Morgan fingerprint density at radius 1 is 1.41 bits per heavy atom. The van der Waals surface area contributed by atoms with Crippen molar-refractivity contribution in [2.45, 2.75) is 32.2 Å². The van der Waals surface area contributed by atoms with Gasteiger partial charge >= 0.3 is 6.36 Å². The third kappa shape index (κ3) is 4.83. The average molecular weight is 268 g/mol. The van der Waals surface area contributed by atoms with Crippen molar-refractivity contribution in [2.24, 2.45) is 5.73 Å². The summed E-state index contributed by atoms with van der Waals surface area (Å²) in [6.45, 7) is 1.94. The van der Waals surface area contributed by atoms with Crippen LogP contribution in [0.2, 0.25) is 5.02 Å². The second kappa shape index (κ2) is 5.60. The van der Waals surface area contributed by atoms with Crippen LogP contribution in [0.5, 0.6) is 5.75 Å². The molecule has 1 aromatic rings. The van der Waals surface area contributed by atoms with Crippen molar-refractivity contribution in [3.8, 4) is 5.75 Å². The maximum Gasteiger partial charge on any atom is 0.573 e. The molecule has 0 bridgehead atoms. The zero-order valence-corrected chi connectivity index (χ0v) is 9.98. The van der Waals surface area contributed by atoms with Crippen LogP contribution in [-0.4, -0.2) is 12.4 Å². The Balaban J connectivity index is 2.79. The first-order valence-electron chi connectivity index (χ1n) is 5.11. The van der Waals surface area contributed by atoms with Gasteiger partial charge in [0.2, 0.25) is 0 Å². The fourth-order valence-corrected chi connectivity index (χ4v) is 1.57. The van der Waals surface area contributed by atoms with Crippen LogP contribution in [-0.2, 0) is 6.42 Å². The summed E-state index contributed by atoms with van der Waals surface area (Å²) in [6, 6.07) is 4.15. The van der Waals surface area contributed by atoms with Gasteiger partial charge in [-0.05, 0) is 30.5 Å². The van der Waals surface area contributed by atoms with E-state index in [-0.39, 0.29) is 11.1 Å². The molecular weight excluding hydrogens is 255 g/mol. The van der Waals surface area contributed by atoms with Crippen LogP contribution < -0.4 is 10.5 Å². The Morgan fingerprint density at radius 3 is 2.53 bits per heavy atom. The minimum absolute atomic E-state index is 0.0274. The summed E-state index contributed by atoms with van der Waals surface area (Å²) in [5, 5.41) is -0.0665. The molecule has 2 nitrogen and oxygen atoms in total. The Morgan fingerprint density at radius 2 is 2.06 bits per heavy atom. The second-order valence-corrected chi connectivity index (χ2v) is 4.09. The molecule has 0 fully saturated rings. The van der Waals surface area contributed by atoms with Crippen molar-refractivity contribution in [2.75, 3.05) is 0 Å². The highest BCUT2D eigenvalue weighted by atomic mass is 35.5. The molecular formula is C11H13ClF3NO. The molecule has 0 aliphatic heterocycles. The van der Waals surface area contributed by atoms with E-state index >= 15 is 0 Å². The maximum absolute atomic E-state index is 12.0. The summed E-state index contributed by atoms with van der Waals surface area (Å²) < 4.78 is 39.7. The van der Waals surface area contributed by atoms with E-state index in [2.05, 4.69) is 4.74 Å². The lowest BCUT2D eigenvalue weighted by atomic mass is 10.0. The number of benzene rings is 1. The molecule has 0 amide bonds. The molecule has 0 saturated heterocycles. The van der Waals surface area contributed by atoms with Crippen LogP contribution >= 0.6 is 11.6 Å². The van der Waals surface area contributed by atoms with E-state index in [9.17, 15) is 13.2 Å². The molecule has 1 aromatic carbocycles. The smallest absolute Gasteiger partial charge is 0.404 e. The van der Waals surface area contributed by atoms with Crippen LogP contribution in [0.1, 0.15) is 18.9 Å². The number of hydrogen-bond acceptors (Lipinski definition) is 2. The summed E-state index contributed by atoms with van der Waals surface area (Å²) in [7, 11) is 0. The van der Waals surface area contributed by atoms with Crippen molar-refractivity contribution >= 4 is 11.6 Å². The third-order valence-corrected chi connectivity index (χ3v) is 2.54. The quantitative estimate of drug-likeness (QED) is 0.906. The Labute approximate surface area is 103 Å². The number of nitrogens with two attached hydrogens (primary N) is 1. The average Bonchev–Trinajstić information content (AvgIpc) is 2.20. The monoisotopic (exact) mass is 267 g/mol. The van der Waals surface area contributed by atoms with Gasteiger partial charge in [-0.2, -0.15) is 0 Å². The first kappa shape index (κ1) is 14.1. The molecule has 2 N–H and O–H groups in total. The third-order valence-electron chi connectivity index (χ3n) is 2.24. The van der Waals surface area contributed by atoms with Gasteiger partial charge < -0.3 is 10.5 Å². The van der Waals surface area contributed by atoms with Crippen LogP contribution in [0.3, 0.4) is 0 Å². The number of halogens is 4. The van der Waals surface area contributed by atoms with Gasteiger partial charge in [-0.3, -0.25) is 0 Å². The van der Waals surface area contributed by atoms with E-state index in [1.54, 1.807) is 0 Å². The topological polar surface area (TPSA) is 35.2 Å². The van der Waals surface area contributed by atoms with E-state index in [1.165, 1.54) is 18.2 Å². The molecule has 1 atom stereocenters. The highest BCUT2D eigenvalue weighted by Gasteiger charge is 2.32. The SMILES string of the molecule is CCC(N)Cc1ccc(OC(F)(F)F)c(Cl)c1. The van der Waals surface area contributed by atoms with Gasteiger partial charge in [0.15, 0.2) is 0 Å². The standard InChI is InChI=1S/C11H13ClF3NO/c1-2-8(16)5-7-3-4-10(9(12)6-7)17-11(13,14)15/h3-4,6,8H,2,5,16H2,1H3. The summed E-state index contributed by atoms with van der Waals surface area (Å²) in [4.78, 5) is 0. The van der Waals surface area contributed by atoms with Crippen LogP contribution in [0.4, 0.5) is 13.2 Å². The van der Waals surface area contributed by atoms with Gasteiger partial charge in [-0.15, -0.1) is 13.2 Å². The van der Waals surface area contributed by atoms with Crippen LogP contribution in [0, 0.1) is 0 Å². The molecule has 0 aliphatic rings. The van der Waals surface area contributed by atoms with E-state index in [0.717, 1.165) is 12.0 Å². The highest BCUT2D eigenvalue weighted by Crippen LogP contribution is 2.30. The van der Waals surface area contributed by atoms with Gasteiger partial charge in [-0.25, -0.2) is 0 Å². The number of alkyl halides is 3. The van der Waals surface area contributed by atoms with Crippen molar-refractivity contribution in [1.82, 2.24) is 0 Å². The first-order chi connectivity index (χ1) is 7.81. The normalized spacial score (nSPS) is 13.5. The second-order valence-electron chi connectivity index (χ2n) is 3.69. The summed E-state index contributed by atoms with van der Waals surface area (Å²) in [6.07, 6.45) is -3.37. The minimum atomic E-state index is -4.73. The maximum atomic E-state index is 12.0. The molecule has 17 heavy (non-hydrogen) atoms. The molecule has 0 radical (unpaired) electrons. The predicted molar refractivity (Wildman–Crippen MR) is 60.1 cm³/mol. The van der Waals surface area contributed by atoms with Gasteiger partial charge in [0.05, 0.1) is 5.02 Å². The molecule has 6 heteroatoms. The fourth-order valence-electron chi connectivity index (χ4n) is 1.33. The van der Waals surface area contributed by atoms with Crippen LogP contribution in [0.25, 0.3) is 0 Å². The molecule has 0 spiro atoms. The van der Waals surface area contributed by atoms with E-state index in [4.69, 9.17) is 17.3 Å². The molecule has 0 aliphatic carbocycles. The number of rotatable bonds is 4. The zero-order chi connectivity index (χ0) is 13.1. The zero-order valence-electron chi connectivity index (χ0n) is 9.22. The van der Waals surface area contributed by atoms with Crippen LogP contribution in [0.15, 0.2) is 18.2 Å². The lowest BCUT2D eigenvalue weighted by Gasteiger charge is -2.13. The predicted octanol–water partition coefficient (Wildman–Crippen LogP) is 3.52. The van der Waals surface area contributed by atoms with Gasteiger partial charge in [0.25, 0.3) is 0 Å². The molecule has 1 unspecified atom stereocenters. The van der Waals surface area contributed by atoms with Gasteiger partial charge in [0.1, 0.15) is 5.75 Å². The van der Waals surface area contributed by atoms with E-state index < -0.39 is 12.1 Å². The van der Waals surface area contributed by atoms with E-state index in [1.807, 2.05) is 6.92 Å². The van der Waals surface area contributed by atoms with Gasteiger partial charge in [-0.1, -0.05) is 24.6 Å². The summed E-state index contributed by atoms with van der Waals surface area (Å²) >= 11 is 5.70. The molecule has 0 aromatic heterocycles. The highest BCUT2D eigenvalue weighted by molar-refractivity contribution is 6.32. The Bertz CT molecular complexity index is 381.